The Balaban J connectivity index is 1.67. The summed E-state index contributed by atoms with van der Waals surface area (Å²) >= 11 is 3.56. The molecule has 1 aliphatic rings. The van der Waals surface area contributed by atoms with Crippen LogP contribution >= 0.6 is 15.9 Å². The number of nitrogens with zero attached hydrogens (tertiary/aromatic N) is 5. The summed E-state index contributed by atoms with van der Waals surface area (Å²) in [5, 5.41) is 0. The number of halogens is 1. The topological polar surface area (TPSA) is 44.7 Å². The number of methoxy groups -OCH3 is 1. The van der Waals surface area contributed by atoms with Crippen molar-refractivity contribution in [1.82, 2.24) is 14.9 Å². The van der Waals surface area contributed by atoms with Crippen LogP contribution in [0, 0.1) is 0 Å². The van der Waals surface area contributed by atoms with Gasteiger partial charge in [-0.3, -0.25) is 4.90 Å². The SMILES string of the molecule is COc1ccc(Br)cc1CN1CCC(N(C)c2ccnc(N(C)C)n2)C1. The molecular formula is C19H26BrN5O. The zero-order chi connectivity index (χ0) is 18.7. The molecule has 2 aromatic rings. The van der Waals surface area contributed by atoms with Gasteiger partial charge < -0.3 is 14.5 Å². The van der Waals surface area contributed by atoms with E-state index in [4.69, 9.17) is 4.74 Å². The number of benzene rings is 1. The molecule has 1 aliphatic heterocycles. The molecule has 0 amide bonds. The molecule has 140 valence electrons. The minimum Gasteiger partial charge on any atom is -0.496 e. The van der Waals surface area contributed by atoms with Gasteiger partial charge in [-0.05, 0) is 30.7 Å². The van der Waals surface area contributed by atoms with Crippen molar-refractivity contribution >= 4 is 27.7 Å². The summed E-state index contributed by atoms with van der Waals surface area (Å²) in [6, 6.07) is 8.60. The van der Waals surface area contributed by atoms with Crippen molar-refractivity contribution in [2.24, 2.45) is 0 Å². The Kier molecular flexibility index (Phi) is 5.98. The quantitative estimate of drug-likeness (QED) is 0.716. The molecule has 0 aliphatic carbocycles. The number of likely N-dealkylation sites (tertiary alicyclic amines) is 1. The van der Waals surface area contributed by atoms with Crippen molar-refractivity contribution in [1.29, 1.82) is 0 Å². The highest BCUT2D eigenvalue weighted by atomic mass is 79.9. The highest BCUT2D eigenvalue weighted by molar-refractivity contribution is 9.10. The van der Waals surface area contributed by atoms with Gasteiger partial charge in [-0.2, -0.15) is 4.98 Å². The number of rotatable bonds is 6. The van der Waals surface area contributed by atoms with Gasteiger partial charge in [0, 0.05) is 63.1 Å². The van der Waals surface area contributed by atoms with Crippen LogP contribution < -0.4 is 14.5 Å². The molecule has 0 spiro atoms. The van der Waals surface area contributed by atoms with Crippen LogP contribution in [0.2, 0.25) is 0 Å². The molecule has 1 saturated heterocycles. The van der Waals surface area contributed by atoms with E-state index in [1.807, 2.05) is 43.4 Å². The lowest BCUT2D eigenvalue weighted by Crippen LogP contribution is -2.35. The van der Waals surface area contributed by atoms with Crippen molar-refractivity contribution in [3.8, 4) is 5.75 Å². The number of ether oxygens (including phenoxy) is 1. The Morgan fingerprint density at radius 2 is 2.08 bits per heavy atom. The minimum absolute atomic E-state index is 0.443. The average Bonchev–Trinajstić information content (AvgIpc) is 3.10. The second-order valence-electron chi connectivity index (χ2n) is 6.85. The third-order valence-corrected chi connectivity index (χ3v) is 5.31. The number of hydrogen-bond acceptors (Lipinski definition) is 6. The largest absolute Gasteiger partial charge is 0.496 e. The second-order valence-corrected chi connectivity index (χ2v) is 7.77. The molecule has 0 N–H and O–H groups in total. The van der Waals surface area contributed by atoms with E-state index in [0.717, 1.165) is 48.0 Å². The van der Waals surface area contributed by atoms with Gasteiger partial charge in [0.1, 0.15) is 11.6 Å². The van der Waals surface area contributed by atoms with Crippen LogP contribution in [0.3, 0.4) is 0 Å². The normalized spacial score (nSPS) is 17.3. The van der Waals surface area contributed by atoms with E-state index in [1.165, 1.54) is 5.56 Å². The van der Waals surface area contributed by atoms with E-state index >= 15 is 0 Å². The molecule has 0 radical (unpaired) electrons. The Labute approximate surface area is 163 Å². The van der Waals surface area contributed by atoms with Crippen LogP contribution in [-0.2, 0) is 6.54 Å². The first-order valence-electron chi connectivity index (χ1n) is 8.76. The van der Waals surface area contributed by atoms with Crippen molar-refractivity contribution in [3.63, 3.8) is 0 Å². The van der Waals surface area contributed by atoms with E-state index < -0.39 is 0 Å². The highest BCUT2D eigenvalue weighted by Crippen LogP contribution is 2.27. The van der Waals surface area contributed by atoms with Crippen molar-refractivity contribution < 1.29 is 4.74 Å². The van der Waals surface area contributed by atoms with E-state index in [-0.39, 0.29) is 0 Å². The standard InChI is InChI=1S/C19H26BrN5O/c1-23(2)19-21-9-7-18(22-19)24(3)16-8-10-25(13-16)12-14-11-15(20)5-6-17(14)26-4/h5-7,9,11,16H,8,10,12-13H2,1-4H3. The molecule has 7 heteroatoms. The minimum atomic E-state index is 0.443. The van der Waals surface area contributed by atoms with E-state index in [0.29, 0.717) is 6.04 Å². The molecule has 1 aromatic carbocycles. The third kappa shape index (κ3) is 4.27. The summed E-state index contributed by atoms with van der Waals surface area (Å²) in [7, 11) is 7.77. The molecule has 1 unspecified atom stereocenters. The van der Waals surface area contributed by atoms with Gasteiger partial charge in [-0.1, -0.05) is 15.9 Å². The summed E-state index contributed by atoms with van der Waals surface area (Å²) in [5.74, 6) is 2.65. The first-order valence-corrected chi connectivity index (χ1v) is 9.55. The summed E-state index contributed by atoms with van der Waals surface area (Å²) in [6.07, 6.45) is 2.95. The van der Waals surface area contributed by atoms with Crippen molar-refractivity contribution in [3.05, 3.63) is 40.5 Å². The second kappa shape index (κ2) is 8.22. The molecule has 1 aromatic heterocycles. The molecule has 0 bridgehead atoms. The Hall–Kier alpha value is -1.86. The van der Waals surface area contributed by atoms with Crippen LogP contribution in [0.1, 0.15) is 12.0 Å². The van der Waals surface area contributed by atoms with Gasteiger partial charge in [0.2, 0.25) is 5.95 Å². The Morgan fingerprint density at radius 3 is 2.81 bits per heavy atom. The Bertz CT molecular complexity index is 754. The van der Waals surface area contributed by atoms with Crippen LogP contribution in [0.4, 0.5) is 11.8 Å². The lowest BCUT2D eigenvalue weighted by molar-refractivity contribution is 0.316. The molecule has 1 fully saturated rings. The maximum Gasteiger partial charge on any atom is 0.226 e. The number of aromatic nitrogens is 2. The highest BCUT2D eigenvalue weighted by Gasteiger charge is 2.27. The van der Waals surface area contributed by atoms with Crippen LogP contribution in [0.5, 0.6) is 5.75 Å². The molecular weight excluding hydrogens is 394 g/mol. The van der Waals surface area contributed by atoms with Crippen LogP contribution in [0.25, 0.3) is 0 Å². The van der Waals surface area contributed by atoms with E-state index in [2.05, 4.69) is 48.8 Å². The van der Waals surface area contributed by atoms with Crippen molar-refractivity contribution in [2.75, 3.05) is 51.1 Å². The molecule has 0 saturated carbocycles. The maximum atomic E-state index is 5.51. The van der Waals surface area contributed by atoms with Gasteiger partial charge in [0.25, 0.3) is 0 Å². The van der Waals surface area contributed by atoms with Gasteiger partial charge in [0.05, 0.1) is 7.11 Å². The lowest BCUT2D eigenvalue weighted by Gasteiger charge is -2.26. The fraction of sp³-hybridized carbons (Fsp3) is 0.474. The predicted octanol–water partition coefficient (Wildman–Crippen LogP) is 3.02. The maximum absolute atomic E-state index is 5.51. The first-order chi connectivity index (χ1) is 12.5. The van der Waals surface area contributed by atoms with Crippen LogP contribution in [0.15, 0.2) is 34.9 Å². The van der Waals surface area contributed by atoms with Crippen LogP contribution in [-0.4, -0.2) is 62.3 Å². The molecule has 6 nitrogen and oxygen atoms in total. The molecule has 1 atom stereocenters. The van der Waals surface area contributed by atoms with E-state index in [1.54, 1.807) is 7.11 Å². The van der Waals surface area contributed by atoms with E-state index in [9.17, 15) is 0 Å². The zero-order valence-electron chi connectivity index (χ0n) is 15.8. The summed E-state index contributed by atoms with van der Waals surface area (Å²) < 4.78 is 6.59. The predicted molar refractivity (Wildman–Crippen MR) is 109 cm³/mol. The zero-order valence-corrected chi connectivity index (χ0v) is 17.4. The summed E-state index contributed by atoms with van der Waals surface area (Å²) in [4.78, 5) is 15.6. The summed E-state index contributed by atoms with van der Waals surface area (Å²) in [5.41, 5.74) is 1.21. The number of likely N-dealkylation sites (N-methyl/N-ethyl adjacent to an activating group) is 1. The summed E-state index contributed by atoms with van der Waals surface area (Å²) in [6.45, 7) is 2.96. The van der Waals surface area contributed by atoms with Gasteiger partial charge >= 0.3 is 0 Å². The molecule has 26 heavy (non-hydrogen) atoms. The lowest BCUT2D eigenvalue weighted by atomic mass is 10.2. The van der Waals surface area contributed by atoms with Gasteiger partial charge in [-0.25, -0.2) is 4.98 Å². The van der Waals surface area contributed by atoms with Crippen molar-refractivity contribution in [2.45, 2.75) is 19.0 Å². The Morgan fingerprint density at radius 1 is 1.27 bits per heavy atom. The first kappa shape index (κ1) is 18.9. The number of anilines is 2. The molecule has 2 heterocycles. The van der Waals surface area contributed by atoms with Gasteiger partial charge in [0.15, 0.2) is 0 Å². The fourth-order valence-electron chi connectivity index (χ4n) is 3.32. The third-order valence-electron chi connectivity index (χ3n) is 4.82. The average molecular weight is 420 g/mol. The van der Waals surface area contributed by atoms with Gasteiger partial charge in [-0.15, -0.1) is 0 Å². The fourth-order valence-corrected chi connectivity index (χ4v) is 3.73. The monoisotopic (exact) mass is 419 g/mol. The molecule has 3 rings (SSSR count). The number of hydrogen-bond donors (Lipinski definition) is 0. The smallest absolute Gasteiger partial charge is 0.226 e.